The Kier molecular flexibility index (Phi) is 5.06. The summed E-state index contributed by atoms with van der Waals surface area (Å²) in [6.07, 6.45) is -0.763. The molecule has 0 unspecified atom stereocenters. The smallest absolute Gasteiger partial charge is 0.489 e. The Labute approximate surface area is 128 Å². The quantitative estimate of drug-likeness (QED) is 0.621. The van der Waals surface area contributed by atoms with Gasteiger partial charge in [0.25, 0.3) is 0 Å². The van der Waals surface area contributed by atoms with Crippen LogP contribution >= 0.6 is 11.6 Å². The normalized spacial score (nSPS) is 10.0. The number of para-hydroxylation sites is 1. The minimum absolute atomic E-state index is 0.257. The van der Waals surface area contributed by atoms with Crippen molar-refractivity contribution in [3.63, 3.8) is 0 Å². The van der Waals surface area contributed by atoms with Crippen molar-refractivity contribution >= 4 is 17.8 Å². The monoisotopic (exact) mass is 306 g/mol. The minimum atomic E-state index is -0.763. The van der Waals surface area contributed by atoms with Crippen LogP contribution in [0, 0.1) is 6.92 Å². The van der Waals surface area contributed by atoms with Gasteiger partial charge in [0.2, 0.25) is 0 Å². The molecule has 21 heavy (non-hydrogen) atoms. The molecule has 0 saturated carbocycles. The number of benzene rings is 2. The van der Waals surface area contributed by atoms with E-state index in [1.54, 1.807) is 18.2 Å². The van der Waals surface area contributed by atoms with Crippen molar-refractivity contribution < 1.29 is 19.0 Å². The Balaban J connectivity index is 2.09. The SMILES string of the molecule is COC(=O)Oc1ccccc1COc1ccc(C)c(Cl)c1. The van der Waals surface area contributed by atoms with E-state index < -0.39 is 6.16 Å². The van der Waals surface area contributed by atoms with Crippen LogP contribution in [0.4, 0.5) is 4.79 Å². The first-order valence-electron chi connectivity index (χ1n) is 6.33. The molecule has 110 valence electrons. The Morgan fingerprint density at radius 2 is 1.95 bits per heavy atom. The number of methoxy groups -OCH3 is 1. The molecule has 0 fully saturated rings. The second-order valence-corrected chi connectivity index (χ2v) is 4.77. The van der Waals surface area contributed by atoms with E-state index in [0.717, 1.165) is 11.1 Å². The highest BCUT2D eigenvalue weighted by atomic mass is 35.5. The van der Waals surface area contributed by atoms with E-state index in [2.05, 4.69) is 4.74 Å². The molecule has 0 N–H and O–H groups in total. The third-order valence-electron chi connectivity index (χ3n) is 2.87. The highest BCUT2D eigenvalue weighted by Gasteiger charge is 2.09. The molecule has 2 aromatic carbocycles. The van der Waals surface area contributed by atoms with Crippen LogP contribution in [0.2, 0.25) is 5.02 Å². The molecule has 0 aliphatic rings. The third kappa shape index (κ3) is 4.13. The van der Waals surface area contributed by atoms with Gasteiger partial charge in [-0.25, -0.2) is 4.79 Å². The van der Waals surface area contributed by atoms with Gasteiger partial charge in [-0.15, -0.1) is 0 Å². The maximum absolute atomic E-state index is 11.2. The Morgan fingerprint density at radius 3 is 2.67 bits per heavy atom. The van der Waals surface area contributed by atoms with Crippen molar-refractivity contribution in [1.29, 1.82) is 0 Å². The topological polar surface area (TPSA) is 44.8 Å². The zero-order valence-electron chi connectivity index (χ0n) is 11.8. The van der Waals surface area contributed by atoms with E-state index in [1.165, 1.54) is 7.11 Å². The van der Waals surface area contributed by atoms with Gasteiger partial charge in [-0.1, -0.05) is 35.9 Å². The van der Waals surface area contributed by atoms with Gasteiger partial charge in [0.1, 0.15) is 18.1 Å². The summed E-state index contributed by atoms with van der Waals surface area (Å²) in [5, 5.41) is 0.645. The molecule has 2 aromatic rings. The second-order valence-electron chi connectivity index (χ2n) is 4.36. The Hall–Kier alpha value is -2.20. The number of carbonyl (C=O) groups excluding carboxylic acids is 1. The van der Waals surface area contributed by atoms with Crippen LogP contribution in [0.25, 0.3) is 0 Å². The zero-order valence-corrected chi connectivity index (χ0v) is 12.5. The number of rotatable bonds is 4. The van der Waals surface area contributed by atoms with Gasteiger partial charge in [0.15, 0.2) is 0 Å². The number of aryl methyl sites for hydroxylation is 1. The standard InChI is InChI=1S/C16H15ClO4/c1-11-7-8-13(9-14(11)17)20-10-12-5-3-4-6-15(12)21-16(18)19-2/h3-9H,10H2,1-2H3. The van der Waals surface area contributed by atoms with E-state index in [-0.39, 0.29) is 6.61 Å². The summed E-state index contributed by atoms with van der Waals surface area (Å²) in [6, 6.07) is 12.6. The van der Waals surface area contributed by atoms with Crippen molar-refractivity contribution in [1.82, 2.24) is 0 Å². The summed E-state index contributed by atoms with van der Waals surface area (Å²) in [6.45, 7) is 2.18. The largest absolute Gasteiger partial charge is 0.513 e. The van der Waals surface area contributed by atoms with Gasteiger partial charge in [-0.2, -0.15) is 0 Å². The van der Waals surface area contributed by atoms with Crippen LogP contribution in [0.1, 0.15) is 11.1 Å². The van der Waals surface area contributed by atoms with E-state index in [9.17, 15) is 4.79 Å². The molecule has 0 aliphatic carbocycles. The Bertz CT molecular complexity index is 640. The van der Waals surface area contributed by atoms with Crippen LogP contribution in [-0.4, -0.2) is 13.3 Å². The molecule has 0 radical (unpaired) electrons. The van der Waals surface area contributed by atoms with Gasteiger partial charge in [-0.05, 0) is 30.7 Å². The summed E-state index contributed by atoms with van der Waals surface area (Å²) in [5.41, 5.74) is 1.72. The first kappa shape index (κ1) is 15.2. The highest BCUT2D eigenvalue weighted by Crippen LogP contribution is 2.24. The van der Waals surface area contributed by atoms with E-state index in [0.29, 0.717) is 16.5 Å². The zero-order chi connectivity index (χ0) is 15.2. The van der Waals surface area contributed by atoms with Gasteiger partial charge in [-0.3, -0.25) is 0 Å². The summed E-state index contributed by atoms with van der Waals surface area (Å²) in [7, 11) is 1.26. The van der Waals surface area contributed by atoms with E-state index >= 15 is 0 Å². The summed E-state index contributed by atoms with van der Waals surface area (Å²) in [5.74, 6) is 1.06. The lowest BCUT2D eigenvalue weighted by molar-refractivity contribution is 0.120. The molecule has 0 spiro atoms. The summed E-state index contributed by atoms with van der Waals surface area (Å²) < 4.78 is 15.2. The van der Waals surface area contributed by atoms with Crippen LogP contribution in [0.5, 0.6) is 11.5 Å². The minimum Gasteiger partial charge on any atom is -0.489 e. The van der Waals surface area contributed by atoms with Crippen LogP contribution in [-0.2, 0) is 11.3 Å². The molecule has 0 saturated heterocycles. The third-order valence-corrected chi connectivity index (χ3v) is 3.28. The molecule has 5 heteroatoms. The van der Waals surface area contributed by atoms with Gasteiger partial charge >= 0.3 is 6.16 Å². The summed E-state index contributed by atoms with van der Waals surface area (Å²) in [4.78, 5) is 11.2. The average molecular weight is 307 g/mol. The number of hydrogen-bond acceptors (Lipinski definition) is 4. The highest BCUT2D eigenvalue weighted by molar-refractivity contribution is 6.31. The molecular weight excluding hydrogens is 292 g/mol. The molecular formula is C16H15ClO4. The number of hydrogen-bond donors (Lipinski definition) is 0. The molecule has 0 heterocycles. The maximum atomic E-state index is 11.2. The van der Waals surface area contributed by atoms with Crippen LogP contribution < -0.4 is 9.47 Å². The number of halogens is 1. The molecule has 0 amide bonds. The van der Waals surface area contributed by atoms with E-state index in [1.807, 2.05) is 31.2 Å². The predicted octanol–water partition coefficient (Wildman–Crippen LogP) is 4.37. The van der Waals surface area contributed by atoms with Crippen molar-refractivity contribution in [3.8, 4) is 11.5 Å². The van der Waals surface area contributed by atoms with Crippen molar-refractivity contribution in [2.24, 2.45) is 0 Å². The fourth-order valence-corrected chi connectivity index (χ4v) is 1.85. The molecule has 0 atom stereocenters. The van der Waals surface area contributed by atoms with Crippen LogP contribution in [0.3, 0.4) is 0 Å². The van der Waals surface area contributed by atoms with Crippen molar-refractivity contribution in [2.45, 2.75) is 13.5 Å². The van der Waals surface area contributed by atoms with E-state index in [4.69, 9.17) is 21.1 Å². The molecule has 0 aromatic heterocycles. The molecule has 4 nitrogen and oxygen atoms in total. The lowest BCUT2D eigenvalue weighted by atomic mass is 10.2. The fraction of sp³-hybridized carbons (Fsp3) is 0.188. The van der Waals surface area contributed by atoms with Crippen LogP contribution in [0.15, 0.2) is 42.5 Å². The lowest BCUT2D eigenvalue weighted by Crippen LogP contribution is -2.09. The van der Waals surface area contributed by atoms with Gasteiger partial charge in [0.05, 0.1) is 7.11 Å². The van der Waals surface area contributed by atoms with Gasteiger partial charge in [0, 0.05) is 10.6 Å². The molecule has 2 rings (SSSR count). The average Bonchev–Trinajstić information content (AvgIpc) is 2.49. The van der Waals surface area contributed by atoms with Crippen molar-refractivity contribution in [2.75, 3.05) is 7.11 Å². The summed E-state index contributed by atoms with van der Waals surface area (Å²) >= 11 is 6.05. The lowest BCUT2D eigenvalue weighted by Gasteiger charge is -2.11. The van der Waals surface area contributed by atoms with Crippen molar-refractivity contribution in [3.05, 3.63) is 58.6 Å². The maximum Gasteiger partial charge on any atom is 0.513 e. The Morgan fingerprint density at radius 1 is 1.19 bits per heavy atom. The predicted molar refractivity (Wildman–Crippen MR) is 80.0 cm³/mol. The molecule has 0 aliphatic heterocycles. The number of carbonyl (C=O) groups is 1. The molecule has 0 bridgehead atoms. The second kappa shape index (κ2) is 6.99. The fourth-order valence-electron chi connectivity index (χ4n) is 1.68. The van der Waals surface area contributed by atoms with Gasteiger partial charge < -0.3 is 14.2 Å². The number of ether oxygens (including phenoxy) is 3. The first-order valence-corrected chi connectivity index (χ1v) is 6.70. The first-order chi connectivity index (χ1) is 10.1.